The van der Waals surface area contributed by atoms with Gasteiger partial charge in [0.1, 0.15) is 5.01 Å². The number of rotatable bonds is 6. The van der Waals surface area contributed by atoms with Gasteiger partial charge in [-0.25, -0.2) is 9.78 Å². The highest BCUT2D eigenvalue weighted by Gasteiger charge is 2.02. The summed E-state index contributed by atoms with van der Waals surface area (Å²) < 4.78 is 6.32. The predicted octanol–water partition coefficient (Wildman–Crippen LogP) is 4.19. The molecule has 24 heavy (non-hydrogen) atoms. The molecule has 0 N–H and O–H groups in total. The molecule has 0 bridgehead atoms. The van der Waals surface area contributed by atoms with E-state index in [4.69, 9.17) is 4.74 Å². The minimum Gasteiger partial charge on any atom is -0.463 e. The van der Waals surface area contributed by atoms with Crippen molar-refractivity contribution < 1.29 is 9.53 Å². The number of para-hydroxylation sites is 1. The normalized spacial score (nSPS) is 11.2. The molecule has 3 rings (SSSR count). The quantitative estimate of drug-likeness (QED) is 0.384. The van der Waals surface area contributed by atoms with E-state index in [-0.39, 0.29) is 5.97 Å². The Labute approximate surface area is 144 Å². The molecule has 0 aliphatic rings. The second kappa shape index (κ2) is 7.84. The molecule has 0 atom stereocenters. The highest BCUT2D eigenvalue weighted by atomic mass is 32.1. The lowest BCUT2D eigenvalue weighted by Gasteiger charge is -2.02. The van der Waals surface area contributed by atoms with E-state index in [0.717, 1.165) is 39.5 Å². The van der Waals surface area contributed by atoms with Crippen LogP contribution in [0, 0.1) is 6.92 Å². The molecule has 0 saturated carbocycles. The van der Waals surface area contributed by atoms with Crippen LogP contribution in [0.4, 0.5) is 0 Å². The lowest BCUT2D eigenvalue weighted by atomic mass is 10.2. The van der Waals surface area contributed by atoms with Crippen LogP contribution in [0.3, 0.4) is 0 Å². The first-order chi connectivity index (χ1) is 11.7. The zero-order chi connectivity index (χ0) is 16.8. The summed E-state index contributed by atoms with van der Waals surface area (Å²) in [4.78, 5) is 20.6. The Hall–Kier alpha value is -2.53. The average Bonchev–Trinajstić information content (AvgIpc) is 3.00. The van der Waals surface area contributed by atoms with E-state index in [0.29, 0.717) is 6.61 Å². The van der Waals surface area contributed by atoms with Gasteiger partial charge in [-0.1, -0.05) is 18.2 Å². The van der Waals surface area contributed by atoms with Gasteiger partial charge in [0.25, 0.3) is 0 Å². The fourth-order valence-corrected chi connectivity index (χ4v) is 3.18. The summed E-state index contributed by atoms with van der Waals surface area (Å²) in [5.74, 6) is -0.341. The number of aromatic nitrogens is 2. The number of hydrogen-bond acceptors (Lipinski definition) is 5. The summed E-state index contributed by atoms with van der Waals surface area (Å²) in [5.41, 5.74) is 2.97. The summed E-state index contributed by atoms with van der Waals surface area (Å²) in [6, 6.07) is 13.9. The molecule has 0 aliphatic carbocycles. The number of thiazole rings is 1. The lowest BCUT2D eigenvalue weighted by Crippen LogP contribution is -2.04. The molecule has 0 spiro atoms. The van der Waals surface area contributed by atoms with Crippen LogP contribution in [0.1, 0.15) is 22.8 Å². The molecule has 3 aromatic rings. The van der Waals surface area contributed by atoms with Crippen LogP contribution in [0.2, 0.25) is 0 Å². The second-order valence-corrected chi connectivity index (χ2v) is 6.46. The van der Waals surface area contributed by atoms with Crippen molar-refractivity contribution in [3.05, 3.63) is 64.9 Å². The van der Waals surface area contributed by atoms with Crippen molar-refractivity contribution in [2.75, 3.05) is 6.61 Å². The molecule has 0 fully saturated rings. The first-order valence-electron chi connectivity index (χ1n) is 7.84. The number of esters is 1. The maximum atomic E-state index is 11.7. The number of carbonyl (C=O) groups is 1. The fraction of sp³-hybridized carbons (Fsp3) is 0.211. The molecule has 122 valence electrons. The van der Waals surface area contributed by atoms with E-state index >= 15 is 0 Å². The van der Waals surface area contributed by atoms with Gasteiger partial charge >= 0.3 is 5.97 Å². The summed E-state index contributed by atoms with van der Waals surface area (Å²) >= 11 is 1.55. The van der Waals surface area contributed by atoms with E-state index < -0.39 is 0 Å². The van der Waals surface area contributed by atoms with Gasteiger partial charge in [-0.2, -0.15) is 0 Å². The topological polar surface area (TPSA) is 52.1 Å². The van der Waals surface area contributed by atoms with Crippen LogP contribution in [0.5, 0.6) is 0 Å². The van der Waals surface area contributed by atoms with Crippen molar-refractivity contribution in [3.8, 4) is 0 Å². The molecule has 2 heterocycles. The molecule has 0 unspecified atom stereocenters. The van der Waals surface area contributed by atoms with Gasteiger partial charge in [-0.05, 0) is 50.1 Å². The van der Waals surface area contributed by atoms with Crippen LogP contribution in [0.25, 0.3) is 16.3 Å². The summed E-state index contributed by atoms with van der Waals surface area (Å²) in [6.45, 7) is 2.36. The van der Waals surface area contributed by atoms with Crippen LogP contribution in [-0.4, -0.2) is 22.5 Å². The third-order valence-corrected chi connectivity index (χ3v) is 4.44. The predicted molar refractivity (Wildman–Crippen MR) is 96.9 cm³/mol. The Bertz CT molecular complexity index is 837. The van der Waals surface area contributed by atoms with Crippen LogP contribution in [0.15, 0.2) is 48.5 Å². The van der Waals surface area contributed by atoms with Crippen LogP contribution >= 0.6 is 11.3 Å². The van der Waals surface area contributed by atoms with Gasteiger partial charge in [0.15, 0.2) is 0 Å². The minimum absolute atomic E-state index is 0.341. The van der Waals surface area contributed by atoms with Crippen molar-refractivity contribution in [3.63, 3.8) is 0 Å². The monoisotopic (exact) mass is 338 g/mol. The number of nitrogens with zero attached hydrogens (tertiary/aromatic N) is 2. The number of ether oxygens (including phenoxy) is 1. The molecule has 5 heteroatoms. The van der Waals surface area contributed by atoms with Crippen molar-refractivity contribution in [2.45, 2.75) is 19.8 Å². The summed E-state index contributed by atoms with van der Waals surface area (Å²) in [7, 11) is 0. The Kier molecular flexibility index (Phi) is 5.33. The minimum atomic E-state index is -0.341. The Morgan fingerprint density at radius 1 is 1.17 bits per heavy atom. The smallest absolute Gasteiger partial charge is 0.330 e. The molecular formula is C19H18N2O2S. The number of fused-ring (bicyclic) bond motifs is 1. The van der Waals surface area contributed by atoms with Crippen LogP contribution in [-0.2, 0) is 16.0 Å². The molecule has 0 saturated heterocycles. The van der Waals surface area contributed by atoms with Gasteiger partial charge in [0, 0.05) is 17.5 Å². The third-order valence-electron chi connectivity index (χ3n) is 3.44. The van der Waals surface area contributed by atoms with E-state index in [9.17, 15) is 4.79 Å². The molecule has 2 aromatic heterocycles. The highest BCUT2D eigenvalue weighted by Crippen LogP contribution is 2.22. The van der Waals surface area contributed by atoms with Gasteiger partial charge < -0.3 is 4.74 Å². The van der Waals surface area contributed by atoms with Gasteiger partial charge in [0.05, 0.1) is 16.8 Å². The SMILES string of the molecule is Cc1cccc(CCCOC(=O)C=Cc2nc3ccccc3s2)n1. The number of pyridine rings is 1. The van der Waals surface area contributed by atoms with Gasteiger partial charge in [0.2, 0.25) is 0 Å². The standard InChI is InChI=1S/C19H18N2O2S/c1-14-6-4-7-15(20-14)8-5-13-23-19(22)12-11-18-21-16-9-2-3-10-17(16)24-18/h2-4,6-7,9-12H,5,8,13H2,1H3. The largest absolute Gasteiger partial charge is 0.463 e. The number of carbonyl (C=O) groups excluding carboxylic acids is 1. The first kappa shape index (κ1) is 16.3. The average molecular weight is 338 g/mol. The second-order valence-electron chi connectivity index (χ2n) is 5.39. The van der Waals surface area contributed by atoms with Crippen molar-refractivity contribution >= 4 is 33.6 Å². The molecule has 1 aromatic carbocycles. The molecule has 4 nitrogen and oxygen atoms in total. The van der Waals surface area contributed by atoms with Crippen molar-refractivity contribution in [2.24, 2.45) is 0 Å². The molecule has 0 amide bonds. The first-order valence-corrected chi connectivity index (χ1v) is 8.65. The van der Waals surface area contributed by atoms with Gasteiger partial charge in [-0.15, -0.1) is 11.3 Å². The Balaban J connectivity index is 1.45. The summed E-state index contributed by atoms with van der Waals surface area (Å²) in [6.07, 6.45) is 4.70. The van der Waals surface area contributed by atoms with E-state index in [2.05, 4.69) is 9.97 Å². The van der Waals surface area contributed by atoms with Gasteiger partial charge in [-0.3, -0.25) is 4.98 Å². The van der Waals surface area contributed by atoms with E-state index in [1.54, 1.807) is 17.4 Å². The fourth-order valence-electron chi connectivity index (χ4n) is 2.31. The van der Waals surface area contributed by atoms with Crippen LogP contribution < -0.4 is 0 Å². The highest BCUT2D eigenvalue weighted by molar-refractivity contribution is 7.19. The van der Waals surface area contributed by atoms with E-state index in [1.165, 1.54) is 6.08 Å². The zero-order valence-electron chi connectivity index (χ0n) is 13.4. The maximum absolute atomic E-state index is 11.7. The molecule has 0 aliphatic heterocycles. The molecule has 0 radical (unpaired) electrons. The lowest BCUT2D eigenvalue weighted by molar-refractivity contribution is -0.137. The number of benzene rings is 1. The molecular weight excluding hydrogens is 320 g/mol. The maximum Gasteiger partial charge on any atom is 0.330 e. The van der Waals surface area contributed by atoms with Crippen molar-refractivity contribution in [1.29, 1.82) is 0 Å². The Morgan fingerprint density at radius 2 is 2.04 bits per heavy atom. The zero-order valence-corrected chi connectivity index (χ0v) is 14.3. The number of aryl methyl sites for hydroxylation is 2. The van der Waals surface area contributed by atoms with E-state index in [1.807, 2.05) is 49.4 Å². The number of hydrogen-bond donors (Lipinski definition) is 0. The Morgan fingerprint density at radius 3 is 2.88 bits per heavy atom. The van der Waals surface area contributed by atoms with Crippen molar-refractivity contribution in [1.82, 2.24) is 9.97 Å². The summed E-state index contributed by atoms with van der Waals surface area (Å²) in [5, 5.41) is 0.803. The third kappa shape index (κ3) is 4.49.